The fraction of sp³-hybridized carbons (Fsp3) is 0.286. The van der Waals surface area contributed by atoms with E-state index in [1.807, 2.05) is 0 Å². The van der Waals surface area contributed by atoms with E-state index in [4.69, 9.17) is 0 Å². The Morgan fingerprint density at radius 3 is 2.00 bits per heavy atom. The molecule has 1 aliphatic rings. The summed E-state index contributed by atoms with van der Waals surface area (Å²) in [6.07, 6.45) is 6.87. The molecule has 0 nitrogen and oxygen atoms in total. The molecule has 18 heavy (non-hydrogen) atoms. The molecule has 0 saturated carbocycles. The Kier molecular flexibility index (Phi) is 9.57. The molecule has 0 atom stereocenters. The van der Waals surface area contributed by atoms with Crippen LogP contribution in [0.2, 0.25) is 19.6 Å². The molecule has 0 saturated heterocycles. The van der Waals surface area contributed by atoms with Crippen LogP contribution in [0, 0.1) is 6.08 Å². The van der Waals surface area contributed by atoms with Crippen molar-refractivity contribution in [2.45, 2.75) is 26.1 Å². The van der Waals surface area contributed by atoms with Gasteiger partial charge in [0.1, 0.15) is 0 Å². The molecule has 0 bridgehead atoms. The van der Waals surface area contributed by atoms with Crippen molar-refractivity contribution in [3.05, 3.63) is 53.2 Å². The quantitative estimate of drug-likeness (QED) is 0.532. The van der Waals surface area contributed by atoms with Crippen LogP contribution in [0.4, 0.5) is 0 Å². The molecule has 1 aromatic rings. The first-order valence-electron chi connectivity index (χ1n) is 5.45. The molecule has 2 rings (SSSR count). The molecule has 0 radical (unpaired) electrons. The minimum Gasteiger partial charge on any atom is -0.273 e. The Balaban J connectivity index is 0. The van der Waals surface area contributed by atoms with Crippen LogP contribution in [-0.2, 0) is 21.7 Å². The van der Waals surface area contributed by atoms with Crippen molar-refractivity contribution in [3.63, 3.8) is 0 Å². The normalized spacial score (nSPS) is 13.5. The number of halogens is 2. The summed E-state index contributed by atoms with van der Waals surface area (Å²) in [5.41, 5.74) is 2.77. The van der Waals surface area contributed by atoms with E-state index in [2.05, 4.69) is 62.1 Å². The zero-order valence-corrected chi connectivity index (χ0v) is 15.2. The predicted octanol–water partition coefficient (Wildman–Crippen LogP) is 4.92. The van der Waals surface area contributed by atoms with Crippen molar-refractivity contribution in [1.82, 2.24) is 0 Å². The topological polar surface area (TPSA) is 0 Å². The second-order valence-electron chi connectivity index (χ2n) is 5.05. The van der Waals surface area contributed by atoms with Crippen molar-refractivity contribution < 1.29 is 21.7 Å². The van der Waals surface area contributed by atoms with Gasteiger partial charge in [0.25, 0.3) is 0 Å². The van der Waals surface area contributed by atoms with Crippen LogP contribution in [0.5, 0.6) is 0 Å². The zero-order valence-electron chi connectivity index (χ0n) is 11.0. The second-order valence-corrected chi connectivity index (χ2v) is 10.1. The fourth-order valence-corrected chi connectivity index (χ4v) is 3.01. The maximum absolute atomic E-state index is 3.53. The van der Waals surface area contributed by atoms with E-state index in [0.29, 0.717) is 0 Å². The third-order valence-electron chi connectivity index (χ3n) is 2.74. The van der Waals surface area contributed by atoms with Crippen molar-refractivity contribution in [2.75, 3.05) is 0 Å². The van der Waals surface area contributed by atoms with Crippen LogP contribution >= 0.6 is 24.8 Å². The molecule has 0 aromatic heterocycles. The van der Waals surface area contributed by atoms with E-state index in [1.165, 1.54) is 16.3 Å². The fourth-order valence-electron chi connectivity index (χ4n) is 1.79. The molecular weight excluding hydrogens is 315 g/mol. The molecule has 0 heterocycles. The molecule has 1 aliphatic carbocycles. The molecule has 0 amide bonds. The third kappa shape index (κ3) is 5.07. The number of benzene rings is 1. The van der Waals surface area contributed by atoms with Crippen LogP contribution in [0.25, 0.3) is 5.57 Å². The predicted molar refractivity (Wildman–Crippen MR) is 83.6 cm³/mol. The van der Waals surface area contributed by atoms with Gasteiger partial charge in [-0.1, -0.05) is 50.0 Å². The van der Waals surface area contributed by atoms with Crippen LogP contribution in [0.1, 0.15) is 12.0 Å². The number of rotatable bonds is 2. The summed E-state index contributed by atoms with van der Waals surface area (Å²) in [5.74, 6) is 0. The molecule has 0 N–H and O–H groups in total. The molecule has 0 unspecified atom stereocenters. The summed E-state index contributed by atoms with van der Waals surface area (Å²) in [7, 11) is -1.17. The standard InChI is InChI=1S/C14H17Si.2ClH.Ti/c1-15(2,3)14-10-9-13(11-14)12-7-5-4-6-8-12;;;/h4-8,11H,9H2,1-3H3;2*1H;/q-1;;;. The van der Waals surface area contributed by atoms with Crippen molar-refractivity contribution in [1.29, 1.82) is 0 Å². The largest absolute Gasteiger partial charge is 0.273 e. The van der Waals surface area contributed by atoms with Crippen LogP contribution in [0.15, 0.2) is 41.6 Å². The average Bonchev–Trinajstić information content (AvgIpc) is 2.67. The first kappa shape index (κ1) is 20.5. The molecule has 1 aromatic carbocycles. The van der Waals surface area contributed by atoms with E-state index in [9.17, 15) is 0 Å². The van der Waals surface area contributed by atoms with Crippen molar-refractivity contribution >= 4 is 38.5 Å². The van der Waals surface area contributed by atoms with E-state index < -0.39 is 8.07 Å². The van der Waals surface area contributed by atoms with E-state index in [-0.39, 0.29) is 46.5 Å². The van der Waals surface area contributed by atoms with Gasteiger partial charge in [-0.3, -0.25) is 6.08 Å². The number of allylic oxidation sites excluding steroid dienone is 4. The maximum Gasteiger partial charge on any atom is 0.0394 e. The van der Waals surface area contributed by atoms with E-state index in [1.54, 1.807) is 0 Å². The van der Waals surface area contributed by atoms with Gasteiger partial charge in [0.15, 0.2) is 0 Å². The first-order chi connectivity index (χ1) is 7.07. The molecule has 0 aliphatic heterocycles. The zero-order chi connectivity index (χ0) is 10.9. The average molecular weight is 334 g/mol. The summed E-state index contributed by atoms with van der Waals surface area (Å²) >= 11 is 0. The summed E-state index contributed by atoms with van der Waals surface area (Å²) in [6.45, 7) is 7.12. The monoisotopic (exact) mass is 333 g/mol. The van der Waals surface area contributed by atoms with Crippen molar-refractivity contribution in [3.8, 4) is 0 Å². The molecular formula is C14H19Cl2SiTi-. The SMILES string of the molecule is C[Si](C)(C)C1=[C-]CC(c2ccccc2)=C1.Cl.Cl.[Ti]. The molecule has 0 spiro atoms. The number of hydrogen-bond acceptors (Lipinski definition) is 0. The Bertz CT molecular complexity index is 419. The van der Waals surface area contributed by atoms with Crippen LogP contribution in [0.3, 0.4) is 0 Å². The van der Waals surface area contributed by atoms with Gasteiger partial charge in [-0.05, 0) is 5.56 Å². The molecule has 4 heteroatoms. The van der Waals surface area contributed by atoms with Crippen molar-refractivity contribution in [2.24, 2.45) is 0 Å². The third-order valence-corrected chi connectivity index (χ3v) is 4.68. The van der Waals surface area contributed by atoms with Crippen LogP contribution in [-0.4, -0.2) is 8.07 Å². The smallest absolute Gasteiger partial charge is 0.0394 e. The number of hydrogen-bond donors (Lipinski definition) is 0. The van der Waals surface area contributed by atoms with E-state index in [0.717, 1.165) is 6.42 Å². The Morgan fingerprint density at radius 1 is 1.00 bits per heavy atom. The van der Waals surface area contributed by atoms with Gasteiger partial charge >= 0.3 is 0 Å². The van der Waals surface area contributed by atoms with Crippen LogP contribution < -0.4 is 0 Å². The minimum atomic E-state index is -1.17. The molecule has 0 fully saturated rings. The van der Waals surface area contributed by atoms with E-state index >= 15 is 0 Å². The Labute approximate surface area is 139 Å². The Morgan fingerprint density at radius 2 is 1.56 bits per heavy atom. The molecule has 98 valence electrons. The van der Waals surface area contributed by atoms with Gasteiger partial charge in [0.2, 0.25) is 0 Å². The van der Waals surface area contributed by atoms with Gasteiger partial charge in [-0.15, -0.1) is 36.8 Å². The van der Waals surface area contributed by atoms with Gasteiger partial charge in [-0.2, -0.15) is 0 Å². The summed E-state index contributed by atoms with van der Waals surface area (Å²) < 4.78 is 0. The summed E-state index contributed by atoms with van der Waals surface area (Å²) in [5, 5.41) is 1.47. The van der Waals surface area contributed by atoms with Gasteiger partial charge in [-0.25, -0.2) is 11.3 Å². The maximum atomic E-state index is 3.53. The minimum absolute atomic E-state index is 0. The van der Waals surface area contributed by atoms with Gasteiger partial charge < -0.3 is 0 Å². The summed E-state index contributed by atoms with van der Waals surface area (Å²) in [6, 6.07) is 10.6. The van der Waals surface area contributed by atoms with Gasteiger partial charge in [0, 0.05) is 29.8 Å². The second kappa shape index (κ2) is 8.40. The Hall–Kier alpha value is 0.211. The van der Waals surface area contributed by atoms with Gasteiger partial charge in [0.05, 0.1) is 0 Å². The summed E-state index contributed by atoms with van der Waals surface area (Å²) in [4.78, 5) is 0. The first-order valence-corrected chi connectivity index (χ1v) is 8.95.